The fourth-order valence-corrected chi connectivity index (χ4v) is 2.17. The summed E-state index contributed by atoms with van der Waals surface area (Å²) in [6.07, 6.45) is 4.46. The molecule has 0 radical (unpaired) electrons. The normalized spacial score (nSPS) is 12.1. The Morgan fingerprint density at radius 3 is 3.00 bits per heavy atom. The van der Waals surface area contributed by atoms with Crippen LogP contribution in [0.25, 0.3) is 5.82 Å². The number of anilines is 1. The van der Waals surface area contributed by atoms with E-state index in [4.69, 9.17) is 9.47 Å². The standard InChI is InChI=1S/C15H19BrN4O3/c1-3-22-7-8-23-11(2)15(21)19-13-9-12(16)10-17-14(13)20-6-4-5-18-20/h4-6,9-11H,3,7-8H2,1-2H3,(H,19,21)/t11-/m1/s1. The molecule has 0 spiro atoms. The van der Waals surface area contributed by atoms with E-state index in [2.05, 4.69) is 31.3 Å². The van der Waals surface area contributed by atoms with Crippen LogP contribution in [-0.4, -0.2) is 46.6 Å². The molecule has 23 heavy (non-hydrogen) atoms. The molecule has 8 heteroatoms. The lowest BCUT2D eigenvalue weighted by atomic mass is 10.3. The third-order valence-corrected chi connectivity index (χ3v) is 3.42. The minimum Gasteiger partial charge on any atom is -0.379 e. The fraction of sp³-hybridized carbons (Fsp3) is 0.400. The van der Waals surface area contributed by atoms with Gasteiger partial charge in [0.05, 0.1) is 18.9 Å². The van der Waals surface area contributed by atoms with Crippen molar-refractivity contribution in [2.24, 2.45) is 0 Å². The molecule has 0 aliphatic rings. The zero-order valence-electron chi connectivity index (χ0n) is 13.0. The summed E-state index contributed by atoms with van der Waals surface area (Å²) in [4.78, 5) is 16.6. The zero-order chi connectivity index (χ0) is 16.7. The molecule has 1 amide bonds. The Morgan fingerprint density at radius 2 is 2.30 bits per heavy atom. The van der Waals surface area contributed by atoms with Crippen LogP contribution in [0.5, 0.6) is 0 Å². The van der Waals surface area contributed by atoms with Crippen LogP contribution in [0.3, 0.4) is 0 Å². The van der Waals surface area contributed by atoms with E-state index in [9.17, 15) is 4.79 Å². The molecule has 2 aromatic heterocycles. The van der Waals surface area contributed by atoms with Gasteiger partial charge >= 0.3 is 0 Å². The zero-order valence-corrected chi connectivity index (χ0v) is 14.6. The van der Waals surface area contributed by atoms with Crippen molar-refractivity contribution in [1.82, 2.24) is 14.8 Å². The van der Waals surface area contributed by atoms with Gasteiger partial charge in [-0.15, -0.1) is 0 Å². The summed E-state index contributed by atoms with van der Waals surface area (Å²) < 4.78 is 13.0. The van der Waals surface area contributed by atoms with Gasteiger partial charge in [0, 0.05) is 29.7 Å². The Bertz CT molecular complexity index is 634. The highest BCUT2D eigenvalue weighted by Crippen LogP contribution is 2.22. The largest absolute Gasteiger partial charge is 0.379 e. The minimum atomic E-state index is -0.597. The van der Waals surface area contributed by atoms with E-state index in [1.165, 1.54) is 0 Å². The fourth-order valence-electron chi connectivity index (χ4n) is 1.84. The number of nitrogens with one attached hydrogen (secondary N) is 1. The van der Waals surface area contributed by atoms with Gasteiger partial charge in [-0.05, 0) is 41.9 Å². The van der Waals surface area contributed by atoms with Crippen molar-refractivity contribution >= 4 is 27.5 Å². The molecule has 2 heterocycles. The minimum absolute atomic E-state index is 0.255. The van der Waals surface area contributed by atoms with Gasteiger partial charge in [0.2, 0.25) is 0 Å². The topological polar surface area (TPSA) is 78.3 Å². The first-order valence-corrected chi connectivity index (χ1v) is 8.07. The smallest absolute Gasteiger partial charge is 0.253 e. The second-order valence-electron chi connectivity index (χ2n) is 4.67. The van der Waals surface area contributed by atoms with Crippen molar-refractivity contribution in [2.45, 2.75) is 20.0 Å². The van der Waals surface area contributed by atoms with E-state index in [1.807, 2.05) is 6.92 Å². The van der Waals surface area contributed by atoms with Crippen LogP contribution in [0.4, 0.5) is 5.69 Å². The van der Waals surface area contributed by atoms with E-state index >= 15 is 0 Å². The number of halogens is 1. The van der Waals surface area contributed by atoms with Gasteiger partial charge in [-0.25, -0.2) is 9.67 Å². The number of nitrogens with zero attached hydrogens (tertiary/aromatic N) is 3. The Hall–Kier alpha value is -1.77. The molecule has 0 aliphatic heterocycles. The molecule has 2 aromatic rings. The lowest BCUT2D eigenvalue weighted by molar-refractivity contribution is -0.127. The van der Waals surface area contributed by atoms with E-state index in [0.29, 0.717) is 31.3 Å². The second-order valence-corrected chi connectivity index (χ2v) is 5.59. The molecule has 0 saturated heterocycles. The van der Waals surface area contributed by atoms with Gasteiger partial charge in [0.15, 0.2) is 5.82 Å². The first-order valence-electron chi connectivity index (χ1n) is 7.27. The second kappa shape index (κ2) is 8.76. The maximum Gasteiger partial charge on any atom is 0.253 e. The average molecular weight is 383 g/mol. The Morgan fingerprint density at radius 1 is 1.48 bits per heavy atom. The van der Waals surface area contributed by atoms with Crippen molar-refractivity contribution < 1.29 is 14.3 Å². The van der Waals surface area contributed by atoms with Gasteiger partial charge in [-0.1, -0.05) is 0 Å². The predicted octanol–water partition coefficient (Wildman–Crippen LogP) is 2.41. The van der Waals surface area contributed by atoms with Crippen molar-refractivity contribution in [3.05, 3.63) is 35.2 Å². The molecule has 0 bridgehead atoms. The van der Waals surface area contributed by atoms with Crippen molar-refractivity contribution in [3.63, 3.8) is 0 Å². The molecule has 1 atom stereocenters. The molecule has 0 saturated carbocycles. The highest BCUT2D eigenvalue weighted by atomic mass is 79.9. The number of aromatic nitrogens is 3. The molecular formula is C15H19BrN4O3. The van der Waals surface area contributed by atoms with Crippen LogP contribution in [0.15, 0.2) is 35.2 Å². The van der Waals surface area contributed by atoms with Crippen LogP contribution in [0.2, 0.25) is 0 Å². The van der Waals surface area contributed by atoms with Crippen molar-refractivity contribution in [2.75, 3.05) is 25.1 Å². The first-order chi connectivity index (χ1) is 11.1. The van der Waals surface area contributed by atoms with Gasteiger partial charge in [-0.2, -0.15) is 5.10 Å². The number of carbonyl (C=O) groups excluding carboxylic acids is 1. The SMILES string of the molecule is CCOCCO[C@H](C)C(=O)Nc1cc(Br)cnc1-n1cccn1. The molecule has 7 nitrogen and oxygen atoms in total. The summed E-state index contributed by atoms with van der Waals surface area (Å²) >= 11 is 3.35. The van der Waals surface area contributed by atoms with Crippen LogP contribution in [-0.2, 0) is 14.3 Å². The number of carbonyl (C=O) groups is 1. The summed E-state index contributed by atoms with van der Waals surface area (Å²) in [6, 6.07) is 3.56. The highest BCUT2D eigenvalue weighted by molar-refractivity contribution is 9.10. The monoisotopic (exact) mass is 382 g/mol. The van der Waals surface area contributed by atoms with E-state index in [-0.39, 0.29) is 5.91 Å². The van der Waals surface area contributed by atoms with Crippen LogP contribution < -0.4 is 5.32 Å². The average Bonchev–Trinajstić information content (AvgIpc) is 3.05. The number of pyridine rings is 1. The number of ether oxygens (including phenoxy) is 2. The lowest BCUT2D eigenvalue weighted by Gasteiger charge is -2.15. The van der Waals surface area contributed by atoms with Crippen LogP contribution in [0, 0.1) is 0 Å². The molecule has 0 aliphatic carbocycles. The molecule has 2 rings (SSSR count). The van der Waals surface area contributed by atoms with Gasteiger partial charge in [0.25, 0.3) is 5.91 Å². The van der Waals surface area contributed by atoms with Crippen molar-refractivity contribution in [3.8, 4) is 5.82 Å². The summed E-state index contributed by atoms with van der Waals surface area (Å²) in [5.74, 6) is 0.280. The molecule has 0 fully saturated rings. The molecule has 124 valence electrons. The van der Waals surface area contributed by atoms with E-state index in [0.717, 1.165) is 4.47 Å². The maximum atomic E-state index is 12.3. The summed E-state index contributed by atoms with van der Waals surface area (Å²) in [6.45, 7) is 5.06. The van der Waals surface area contributed by atoms with Crippen molar-refractivity contribution in [1.29, 1.82) is 0 Å². The Kier molecular flexibility index (Phi) is 6.69. The van der Waals surface area contributed by atoms with Gasteiger partial charge < -0.3 is 14.8 Å². The molecular weight excluding hydrogens is 364 g/mol. The number of amides is 1. The quantitative estimate of drug-likeness (QED) is 0.709. The summed E-state index contributed by atoms with van der Waals surface area (Å²) in [7, 11) is 0. The van der Waals surface area contributed by atoms with E-state index < -0.39 is 6.10 Å². The summed E-state index contributed by atoms with van der Waals surface area (Å²) in [5, 5.41) is 6.96. The Labute approximate surface area is 143 Å². The predicted molar refractivity (Wildman–Crippen MR) is 89.6 cm³/mol. The van der Waals surface area contributed by atoms with Crippen LogP contribution in [0.1, 0.15) is 13.8 Å². The lowest BCUT2D eigenvalue weighted by Crippen LogP contribution is -2.29. The third kappa shape index (κ3) is 5.12. The molecule has 0 aromatic carbocycles. The van der Waals surface area contributed by atoms with Gasteiger partial charge in [-0.3, -0.25) is 4.79 Å². The Balaban J connectivity index is 2.04. The van der Waals surface area contributed by atoms with E-state index in [1.54, 1.807) is 42.3 Å². The number of hydrogen-bond acceptors (Lipinski definition) is 5. The highest BCUT2D eigenvalue weighted by Gasteiger charge is 2.17. The third-order valence-electron chi connectivity index (χ3n) is 2.98. The number of hydrogen-bond donors (Lipinski definition) is 1. The van der Waals surface area contributed by atoms with Crippen LogP contribution >= 0.6 is 15.9 Å². The van der Waals surface area contributed by atoms with Gasteiger partial charge in [0.1, 0.15) is 6.10 Å². The maximum absolute atomic E-state index is 12.3. The first kappa shape index (κ1) is 17.6. The summed E-state index contributed by atoms with van der Waals surface area (Å²) in [5.41, 5.74) is 0.549. The molecule has 0 unspecified atom stereocenters. The number of rotatable bonds is 8. The molecule has 1 N–H and O–H groups in total.